The monoisotopic (exact) mass is 535 g/mol. The molecule has 3 aliphatic heterocycles. The first-order valence-electron chi connectivity index (χ1n) is 13.4. The quantitative estimate of drug-likeness (QED) is 0.483. The smallest absolute Gasteiger partial charge is 0.244 e. The third kappa shape index (κ3) is 4.84. The Bertz CT molecular complexity index is 1180. The summed E-state index contributed by atoms with van der Waals surface area (Å²) in [6, 6.07) is 18.1. The number of carbonyl (C=O) groups excluding carboxylic acids is 3. The molecule has 2 bridgehead atoms. The van der Waals surface area contributed by atoms with Crippen molar-refractivity contribution in [1.82, 2.24) is 15.5 Å². The molecule has 8 heteroatoms. The van der Waals surface area contributed by atoms with E-state index in [1.165, 1.54) is 0 Å². The fourth-order valence-corrected chi connectivity index (χ4v) is 8.77. The molecule has 3 fully saturated rings. The number of nitrogens with one attached hydrogen (secondary N) is 2. The van der Waals surface area contributed by atoms with Gasteiger partial charge in [0.05, 0.1) is 29.2 Å². The van der Waals surface area contributed by atoms with Gasteiger partial charge in [-0.3, -0.25) is 14.4 Å². The van der Waals surface area contributed by atoms with Crippen LogP contribution in [0.2, 0.25) is 0 Å². The number of nitrogens with zero attached hydrogens (tertiary/aromatic N) is 1. The van der Waals surface area contributed by atoms with Crippen molar-refractivity contribution in [3.8, 4) is 0 Å². The highest BCUT2D eigenvalue weighted by Gasteiger charge is 2.74. The number of thioether (sulfide) groups is 1. The van der Waals surface area contributed by atoms with Crippen LogP contribution < -0.4 is 10.6 Å². The Morgan fingerprint density at radius 3 is 2.29 bits per heavy atom. The Morgan fingerprint density at radius 1 is 1.05 bits per heavy atom. The van der Waals surface area contributed by atoms with Gasteiger partial charge in [0.15, 0.2) is 0 Å². The maximum Gasteiger partial charge on any atom is 0.244 e. The number of fused-ring (bicyclic) bond motifs is 1. The molecule has 0 aliphatic carbocycles. The van der Waals surface area contributed by atoms with Gasteiger partial charge in [-0.05, 0) is 51.2 Å². The Balaban J connectivity index is 1.47. The maximum absolute atomic E-state index is 14.3. The molecule has 3 aliphatic rings. The molecule has 2 aromatic carbocycles. The largest absolute Gasteiger partial charge is 0.394 e. The molecule has 3 N–H and O–H groups in total. The second kappa shape index (κ2) is 10.4. The van der Waals surface area contributed by atoms with Crippen molar-refractivity contribution in [2.45, 2.75) is 74.2 Å². The first kappa shape index (κ1) is 26.8. The first-order chi connectivity index (χ1) is 18.1. The summed E-state index contributed by atoms with van der Waals surface area (Å²) in [6.07, 6.45) is 1.92. The number of carbonyl (C=O) groups is 3. The van der Waals surface area contributed by atoms with Crippen molar-refractivity contribution in [2.75, 3.05) is 6.61 Å². The van der Waals surface area contributed by atoms with Crippen molar-refractivity contribution in [3.63, 3.8) is 0 Å². The molecular formula is C30H37N3O4S. The number of benzene rings is 2. The normalized spacial score (nSPS) is 28.7. The van der Waals surface area contributed by atoms with Crippen molar-refractivity contribution >= 4 is 29.5 Å². The Labute approximate surface area is 228 Å². The highest BCUT2D eigenvalue weighted by Crippen LogP contribution is 2.66. The zero-order valence-corrected chi connectivity index (χ0v) is 23.0. The molecular weight excluding hydrogens is 498 g/mol. The summed E-state index contributed by atoms with van der Waals surface area (Å²) in [5.41, 5.74) is 1.50. The van der Waals surface area contributed by atoms with Crippen LogP contribution in [0, 0.1) is 11.8 Å². The molecule has 0 radical (unpaired) electrons. The van der Waals surface area contributed by atoms with E-state index in [1.807, 2.05) is 81.4 Å². The first-order valence-corrected chi connectivity index (χ1v) is 14.3. The van der Waals surface area contributed by atoms with Crippen LogP contribution in [0.25, 0.3) is 0 Å². The lowest BCUT2D eigenvalue weighted by Crippen LogP contribution is -2.59. The molecule has 2 unspecified atom stereocenters. The van der Waals surface area contributed by atoms with Crippen LogP contribution in [0.3, 0.4) is 0 Å². The van der Waals surface area contributed by atoms with Crippen LogP contribution >= 0.6 is 11.8 Å². The molecule has 38 heavy (non-hydrogen) atoms. The molecule has 1 spiro atoms. The molecule has 3 saturated heterocycles. The molecule has 5 rings (SSSR count). The molecule has 2 aromatic rings. The minimum Gasteiger partial charge on any atom is -0.394 e. The lowest BCUT2D eigenvalue weighted by molar-refractivity contribution is -0.143. The van der Waals surface area contributed by atoms with Gasteiger partial charge in [-0.25, -0.2) is 0 Å². The predicted octanol–water partition coefficient (Wildman–Crippen LogP) is 2.91. The number of hydrogen-bond acceptors (Lipinski definition) is 5. The fourth-order valence-electron chi connectivity index (χ4n) is 6.56. The van der Waals surface area contributed by atoms with E-state index in [1.54, 1.807) is 16.7 Å². The van der Waals surface area contributed by atoms with E-state index in [0.29, 0.717) is 19.4 Å². The summed E-state index contributed by atoms with van der Waals surface area (Å²) in [4.78, 5) is 43.4. The number of amides is 3. The SMILES string of the molecule is CC(C)(C)NC(=O)C1N([C@@H](CO)Cc2ccccc2)C(=O)[C@@H]2[C@H](C(=O)NCc3ccccc3)[C@@H]3CCC12S3. The Morgan fingerprint density at radius 2 is 1.68 bits per heavy atom. The summed E-state index contributed by atoms with van der Waals surface area (Å²) >= 11 is 1.65. The van der Waals surface area contributed by atoms with E-state index < -0.39 is 34.2 Å². The third-order valence-electron chi connectivity index (χ3n) is 8.02. The van der Waals surface area contributed by atoms with Gasteiger partial charge in [0.25, 0.3) is 0 Å². The third-order valence-corrected chi connectivity index (χ3v) is 9.97. The van der Waals surface area contributed by atoms with Crippen LogP contribution in [0.1, 0.15) is 44.7 Å². The summed E-state index contributed by atoms with van der Waals surface area (Å²) in [5, 5.41) is 16.7. The predicted molar refractivity (Wildman–Crippen MR) is 148 cm³/mol. The van der Waals surface area contributed by atoms with E-state index in [2.05, 4.69) is 10.6 Å². The zero-order chi connectivity index (χ0) is 27.1. The van der Waals surface area contributed by atoms with E-state index in [-0.39, 0.29) is 29.6 Å². The number of likely N-dealkylation sites (tertiary alicyclic amines) is 1. The molecule has 7 nitrogen and oxygen atoms in total. The lowest BCUT2D eigenvalue weighted by Gasteiger charge is -2.38. The van der Waals surface area contributed by atoms with Crippen LogP contribution in [0.4, 0.5) is 0 Å². The molecule has 3 heterocycles. The van der Waals surface area contributed by atoms with Gasteiger partial charge in [-0.15, -0.1) is 11.8 Å². The molecule has 0 saturated carbocycles. The van der Waals surface area contributed by atoms with Crippen LogP contribution in [0.5, 0.6) is 0 Å². The van der Waals surface area contributed by atoms with Gasteiger partial charge in [0.2, 0.25) is 17.7 Å². The summed E-state index contributed by atoms with van der Waals surface area (Å²) in [6.45, 7) is 5.91. The molecule has 0 aromatic heterocycles. The average Bonchev–Trinajstić information content (AvgIpc) is 3.53. The number of hydrogen-bond donors (Lipinski definition) is 3. The minimum atomic E-state index is -0.748. The van der Waals surface area contributed by atoms with Gasteiger partial charge in [-0.2, -0.15) is 0 Å². The van der Waals surface area contributed by atoms with Crippen LogP contribution in [-0.4, -0.2) is 62.0 Å². The second-order valence-electron chi connectivity index (χ2n) is 11.8. The zero-order valence-electron chi connectivity index (χ0n) is 22.2. The summed E-state index contributed by atoms with van der Waals surface area (Å²) < 4.78 is -0.685. The van der Waals surface area contributed by atoms with Gasteiger partial charge in [0.1, 0.15) is 6.04 Å². The highest BCUT2D eigenvalue weighted by atomic mass is 32.2. The number of aliphatic hydroxyl groups is 1. The van der Waals surface area contributed by atoms with Crippen molar-refractivity contribution < 1.29 is 19.5 Å². The minimum absolute atomic E-state index is 0.00601. The standard InChI is InChI=1S/C30H37N3O4S/c1-29(2,3)32-27(36)25-30-15-14-22(38-30)23(26(35)31-17-20-12-8-5-9-13-20)24(30)28(37)33(25)21(18-34)16-19-10-6-4-7-11-19/h4-13,21-25,34H,14-18H2,1-3H3,(H,31,35)(H,32,36)/t21-,22+,23-,24+,25?,30?/m1/s1. The van der Waals surface area contributed by atoms with E-state index >= 15 is 0 Å². The van der Waals surface area contributed by atoms with E-state index in [9.17, 15) is 19.5 Å². The Kier molecular flexibility index (Phi) is 7.31. The van der Waals surface area contributed by atoms with Gasteiger partial charge in [0, 0.05) is 17.3 Å². The highest BCUT2D eigenvalue weighted by molar-refractivity contribution is 8.02. The van der Waals surface area contributed by atoms with E-state index in [4.69, 9.17) is 0 Å². The number of aliphatic hydroxyl groups excluding tert-OH is 1. The van der Waals surface area contributed by atoms with Crippen LogP contribution in [0.15, 0.2) is 60.7 Å². The number of rotatable bonds is 8. The summed E-state index contributed by atoms with van der Waals surface area (Å²) in [7, 11) is 0. The lowest BCUT2D eigenvalue weighted by atomic mass is 9.70. The van der Waals surface area contributed by atoms with Crippen molar-refractivity contribution in [3.05, 3.63) is 71.8 Å². The average molecular weight is 536 g/mol. The van der Waals surface area contributed by atoms with Gasteiger partial charge in [-0.1, -0.05) is 60.7 Å². The molecule has 202 valence electrons. The molecule has 3 amide bonds. The molecule has 6 atom stereocenters. The maximum atomic E-state index is 14.3. The Hall–Kier alpha value is -2.84. The topological polar surface area (TPSA) is 98.7 Å². The van der Waals surface area contributed by atoms with Crippen LogP contribution in [-0.2, 0) is 27.3 Å². The summed E-state index contributed by atoms with van der Waals surface area (Å²) in [5.74, 6) is -1.63. The van der Waals surface area contributed by atoms with Crippen molar-refractivity contribution in [1.29, 1.82) is 0 Å². The van der Waals surface area contributed by atoms with Gasteiger partial charge >= 0.3 is 0 Å². The second-order valence-corrected chi connectivity index (χ2v) is 13.4. The van der Waals surface area contributed by atoms with E-state index in [0.717, 1.165) is 17.5 Å². The fraction of sp³-hybridized carbons (Fsp3) is 0.500. The van der Waals surface area contributed by atoms with Gasteiger partial charge < -0.3 is 20.6 Å². The van der Waals surface area contributed by atoms with Crippen molar-refractivity contribution in [2.24, 2.45) is 11.8 Å².